The summed E-state index contributed by atoms with van der Waals surface area (Å²) >= 11 is 0. The highest BCUT2D eigenvalue weighted by Crippen LogP contribution is 2.11. The van der Waals surface area contributed by atoms with Crippen LogP contribution in [0.2, 0.25) is 0 Å². The Labute approximate surface area is 141 Å². The number of carbonyl (C=O) groups excluding carboxylic acids is 3. The Hall–Kier alpha value is -2.57. The SMILES string of the molecule is CC[C@@](C)(NC(=O)OCc1ccccc1)C(=O)N[C@@H](C)C(=O)OC. The predicted octanol–water partition coefficient (Wildman–Crippen LogP) is 1.76. The zero-order valence-electron chi connectivity index (χ0n) is 14.4. The summed E-state index contributed by atoms with van der Waals surface area (Å²) in [5.74, 6) is -1.05. The Morgan fingerprint density at radius 3 is 2.38 bits per heavy atom. The first-order valence-corrected chi connectivity index (χ1v) is 7.70. The van der Waals surface area contributed by atoms with Gasteiger partial charge in [0, 0.05) is 0 Å². The van der Waals surface area contributed by atoms with Gasteiger partial charge in [0.2, 0.25) is 5.91 Å². The van der Waals surface area contributed by atoms with Gasteiger partial charge in [-0.1, -0.05) is 37.3 Å². The predicted molar refractivity (Wildman–Crippen MR) is 88.1 cm³/mol. The molecular weight excluding hydrogens is 312 g/mol. The van der Waals surface area contributed by atoms with Gasteiger partial charge in [0.15, 0.2) is 0 Å². The highest BCUT2D eigenvalue weighted by molar-refractivity contribution is 5.92. The minimum absolute atomic E-state index is 0.104. The number of esters is 1. The van der Waals surface area contributed by atoms with Gasteiger partial charge in [-0.15, -0.1) is 0 Å². The first-order chi connectivity index (χ1) is 11.3. The topological polar surface area (TPSA) is 93.7 Å². The molecule has 2 amide bonds. The molecule has 0 radical (unpaired) electrons. The Kier molecular flexibility index (Phi) is 7.23. The summed E-state index contributed by atoms with van der Waals surface area (Å²) in [6.45, 7) is 4.93. The van der Waals surface area contributed by atoms with Gasteiger partial charge in [-0.25, -0.2) is 9.59 Å². The second kappa shape index (κ2) is 8.90. The maximum Gasteiger partial charge on any atom is 0.408 e. The summed E-state index contributed by atoms with van der Waals surface area (Å²) in [6, 6.07) is 8.40. The lowest BCUT2D eigenvalue weighted by Gasteiger charge is -2.29. The summed E-state index contributed by atoms with van der Waals surface area (Å²) < 4.78 is 9.69. The molecule has 24 heavy (non-hydrogen) atoms. The molecule has 0 aliphatic rings. The molecule has 7 heteroatoms. The van der Waals surface area contributed by atoms with Gasteiger partial charge in [-0.05, 0) is 25.8 Å². The van der Waals surface area contributed by atoms with Crippen molar-refractivity contribution >= 4 is 18.0 Å². The molecule has 1 rings (SSSR count). The van der Waals surface area contributed by atoms with E-state index in [1.807, 2.05) is 30.3 Å². The zero-order valence-corrected chi connectivity index (χ0v) is 14.4. The second-order valence-electron chi connectivity index (χ2n) is 5.59. The number of methoxy groups -OCH3 is 1. The van der Waals surface area contributed by atoms with E-state index < -0.39 is 29.6 Å². The molecular formula is C17H24N2O5. The van der Waals surface area contributed by atoms with Gasteiger partial charge >= 0.3 is 12.1 Å². The lowest BCUT2D eigenvalue weighted by molar-refractivity contribution is -0.145. The van der Waals surface area contributed by atoms with Crippen LogP contribution in [-0.2, 0) is 25.7 Å². The molecule has 0 heterocycles. The molecule has 132 valence electrons. The molecule has 0 aliphatic carbocycles. The zero-order chi connectivity index (χ0) is 18.2. The number of hydrogen-bond donors (Lipinski definition) is 2. The molecule has 0 bridgehead atoms. The van der Waals surface area contributed by atoms with E-state index in [1.165, 1.54) is 14.0 Å². The lowest BCUT2D eigenvalue weighted by Crippen LogP contribution is -2.58. The maximum atomic E-state index is 12.3. The van der Waals surface area contributed by atoms with Crippen LogP contribution in [0.4, 0.5) is 4.79 Å². The number of alkyl carbamates (subject to hydrolysis) is 1. The van der Waals surface area contributed by atoms with Crippen LogP contribution in [0.25, 0.3) is 0 Å². The first-order valence-electron chi connectivity index (χ1n) is 7.70. The fourth-order valence-electron chi connectivity index (χ4n) is 1.88. The highest BCUT2D eigenvalue weighted by Gasteiger charge is 2.35. The van der Waals surface area contributed by atoms with Crippen LogP contribution in [0.15, 0.2) is 30.3 Å². The van der Waals surface area contributed by atoms with Crippen LogP contribution in [0.3, 0.4) is 0 Å². The molecule has 2 N–H and O–H groups in total. The van der Waals surface area contributed by atoms with E-state index in [2.05, 4.69) is 15.4 Å². The minimum atomic E-state index is -1.20. The number of benzene rings is 1. The van der Waals surface area contributed by atoms with E-state index >= 15 is 0 Å². The second-order valence-corrected chi connectivity index (χ2v) is 5.59. The average Bonchev–Trinajstić information content (AvgIpc) is 2.59. The van der Waals surface area contributed by atoms with Crippen molar-refractivity contribution in [3.63, 3.8) is 0 Å². The molecule has 0 fully saturated rings. The summed E-state index contributed by atoms with van der Waals surface area (Å²) in [7, 11) is 1.24. The summed E-state index contributed by atoms with van der Waals surface area (Å²) in [6.07, 6.45) is -0.378. The van der Waals surface area contributed by atoms with Crippen molar-refractivity contribution < 1.29 is 23.9 Å². The Morgan fingerprint density at radius 1 is 1.21 bits per heavy atom. The summed E-state index contributed by atoms with van der Waals surface area (Å²) in [4.78, 5) is 35.7. The Balaban J connectivity index is 2.61. The van der Waals surface area contributed by atoms with Crippen LogP contribution in [0, 0.1) is 0 Å². The number of amides is 2. The smallest absolute Gasteiger partial charge is 0.408 e. The van der Waals surface area contributed by atoms with Crippen molar-refractivity contribution in [2.45, 2.75) is 45.4 Å². The fourth-order valence-corrected chi connectivity index (χ4v) is 1.88. The maximum absolute atomic E-state index is 12.3. The number of hydrogen-bond acceptors (Lipinski definition) is 5. The molecule has 0 unspecified atom stereocenters. The number of ether oxygens (including phenoxy) is 2. The average molecular weight is 336 g/mol. The number of carbonyl (C=O) groups is 3. The normalized spacial score (nSPS) is 14.0. The molecule has 0 saturated carbocycles. The summed E-state index contributed by atoms with van der Waals surface area (Å²) in [5, 5.41) is 5.07. The van der Waals surface area contributed by atoms with Gasteiger partial charge in [0.1, 0.15) is 18.2 Å². The third kappa shape index (κ3) is 5.57. The van der Waals surface area contributed by atoms with Crippen molar-refractivity contribution in [2.24, 2.45) is 0 Å². The first kappa shape index (κ1) is 19.5. The molecule has 0 spiro atoms. The molecule has 0 saturated heterocycles. The van der Waals surface area contributed by atoms with Crippen LogP contribution < -0.4 is 10.6 Å². The fraction of sp³-hybridized carbons (Fsp3) is 0.471. The lowest BCUT2D eigenvalue weighted by atomic mass is 9.97. The van der Waals surface area contributed by atoms with Crippen LogP contribution in [0.5, 0.6) is 0 Å². The van der Waals surface area contributed by atoms with Crippen molar-refractivity contribution in [3.8, 4) is 0 Å². The Morgan fingerprint density at radius 2 is 1.83 bits per heavy atom. The molecule has 0 aliphatic heterocycles. The molecule has 7 nitrogen and oxygen atoms in total. The number of nitrogens with one attached hydrogen (secondary N) is 2. The van der Waals surface area contributed by atoms with Crippen LogP contribution >= 0.6 is 0 Å². The minimum Gasteiger partial charge on any atom is -0.467 e. The van der Waals surface area contributed by atoms with Crippen molar-refractivity contribution in [1.82, 2.24) is 10.6 Å². The van der Waals surface area contributed by atoms with Gasteiger partial charge in [0.05, 0.1) is 7.11 Å². The molecule has 0 aromatic heterocycles. The largest absolute Gasteiger partial charge is 0.467 e. The van der Waals surface area contributed by atoms with Crippen molar-refractivity contribution in [2.75, 3.05) is 7.11 Å². The Bertz CT molecular complexity index is 576. The van der Waals surface area contributed by atoms with E-state index in [-0.39, 0.29) is 6.61 Å². The molecule has 1 aromatic rings. The van der Waals surface area contributed by atoms with E-state index in [4.69, 9.17) is 4.74 Å². The van der Waals surface area contributed by atoms with Gasteiger partial charge in [0.25, 0.3) is 0 Å². The summed E-state index contributed by atoms with van der Waals surface area (Å²) in [5.41, 5.74) is -0.356. The van der Waals surface area contributed by atoms with E-state index in [1.54, 1.807) is 13.8 Å². The third-order valence-corrected chi connectivity index (χ3v) is 3.70. The standard InChI is InChI=1S/C17H24N2O5/c1-5-17(3,15(21)18-12(2)14(20)23-4)19-16(22)24-11-13-9-7-6-8-10-13/h6-10,12H,5,11H2,1-4H3,(H,18,21)(H,19,22)/t12-,17+/m0/s1. The van der Waals surface area contributed by atoms with E-state index in [0.29, 0.717) is 6.42 Å². The molecule has 1 aromatic carbocycles. The van der Waals surface area contributed by atoms with Crippen LogP contribution in [-0.4, -0.2) is 36.7 Å². The van der Waals surface area contributed by atoms with Crippen LogP contribution in [0.1, 0.15) is 32.8 Å². The third-order valence-electron chi connectivity index (χ3n) is 3.70. The van der Waals surface area contributed by atoms with Gasteiger partial charge in [-0.2, -0.15) is 0 Å². The van der Waals surface area contributed by atoms with Gasteiger partial charge in [-0.3, -0.25) is 4.79 Å². The quantitative estimate of drug-likeness (QED) is 0.740. The van der Waals surface area contributed by atoms with E-state index in [9.17, 15) is 14.4 Å². The molecule has 2 atom stereocenters. The number of rotatable bonds is 7. The highest BCUT2D eigenvalue weighted by atomic mass is 16.5. The van der Waals surface area contributed by atoms with E-state index in [0.717, 1.165) is 5.56 Å². The monoisotopic (exact) mass is 336 g/mol. The van der Waals surface area contributed by atoms with Crippen molar-refractivity contribution in [3.05, 3.63) is 35.9 Å². The van der Waals surface area contributed by atoms with Gasteiger partial charge < -0.3 is 20.1 Å². The van der Waals surface area contributed by atoms with Crippen molar-refractivity contribution in [1.29, 1.82) is 0 Å².